The fourth-order valence-electron chi connectivity index (χ4n) is 1.74. The number of rotatable bonds is 2. The third kappa shape index (κ3) is 1.24. The molecule has 0 atom stereocenters. The number of aromatic nitrogens is 2. The number of nitrogens with zero attached hydrogens (tertiary/aromatic N) is 1. The molecule has 3 rings (SSSR count). The summed E-state index contributed by atoms with van der Waals surface area (Å²) in [5, 5.41) is 0.922. The van der Waals surface area contributed by atoms with Gasteiger partial charge in [0.2, 0.25) is 0 Å². The van der Waals surface area contributed by atoms with Crippen LogP contribution < -0.4 is 0 Å². The second-order valence-electron chi connectivity index (χ2n) is 3.50. The van der Waals surface area contributed by atoms with Crippen LogP contribution in [0.1, 0.15) is 10.4 Å². The van der Waals surface area contributed by atoms with Crippen LogP contribution in [0.2, 0.25) is 0 Å². The Morgan fingerprint density at radius 3 is 3.12 bits per heavy atom. The summed E-state index contributed by atoms with van der Waals surface area (Å²) in [6, 6.07) is 3.68. The molecule has 0 aromatic carbocycles. The Kier molecular flexibility index (Phi) is 1.86. The second-order valence-corrected chi connectivity index (χ2v) is 3.50. The normalized spacial score (nSPS) is 10.8. The van der Waals surface area contributed by atoms with Crippen molar-refractivity contribution in [2.75, 3.05) is 0 Å². The lowest BCUT2D eigenvalue weighted by Crippen LogP contribution is -1.83. The van der Waals surface area contributed by atoms with E-state index in [1.165, 1.54) is 0 Å². The molecule has 0 spiro atoms. The Bertz CT molecular complexity index is 638. The molecule has 0 aliphatic carbocycles. The fourth-order valence-corrected chi connectivity index (χ4v) is 1.74. The summed E-state index contributed by atoms with van der Waals surface area (Å²) in [7, 11) is 0. The molecule has 0 radical (unpaired) electrons. The Morgan fingerprint density at radius 2 is 2.38 bits per heavy atom. The minimum absolute atomic E-state index is 0.567. The lowest BCUT2D eigenvalue weighted by molar-refractivity contribution is 0.112. The monoisotopic (exact) mass is 212 g/mol. The number of pyridine rings is 1. The fraction of sp³-hybridized carbons (Fsp3) is 0. The number of H-pyrrole nitrogens is 1. The molecule has 4 nitrogen and oxygen atoms in total. The first-order valence-electron chi connectivity index (χ1n) is 4.83. The maximum Gasteiger partial charge on any atom is 0.151 e. The van der Waals surface area contributed by atoms with Crippen molar-refractivity contribution in [1.29, 1.82) is 0 Å². The third-order valence-corrected chi connectivity index (χ3v) is 2.52. The van der Waals surface area contributed by atoms with Crippen molar-refractivity contribution in [3.8, 4) is 11.1 Å². The SMILES string of the molecule is O=Cc1cnc2[nH]cc(-c3ccoc3)c2c1. The molecule has 0 aliphatic heterocycles. The zero-order valence-corrected chi connectivity index (χ0v) is 8.31. The van der Waals surface area contributed by atoms with Gasteiger partial charge in [0.15, 0.2) is 6.29 Å². The Balaban J connectivity index is 2.29. The number of hydrogen-bond donors (Lipinski definition) is 1. The zero-order chi connectivity index (χ0) is 11.0. The predicted octanol–water partition coefficient (Wildman–Crippen LogP) is 2.64. The molecule has 16 heavy (non-hydrogen) atoms. The van der Waals surface area contributed by atoms with Gasteiger partial charge < -0.3 is 9.40 Å². The molecule has 0 amide bonds. The molecule has 78 valence electrons. The van der Waals surface area contributed by atoms with E-state index < -0.39 is 0 Å². The minimum atomic E-state index is 0.567. The summed E-state index contributed by atoms with van der Waals surface area (Å²) in [4.78, 5) is 17.9. The van der Waals surface area contributed by atoms with Crippen LogP contribution in [0.3, 0.4) is 0 Å². The van der Waals surface area contributed by atoms with Crippen molar-refractivity contribution in [2.45, 2.75) is 0 Å². The van der Waals surface area contributed by atoms with Crippen LogP contribution in [0.5, 0.6) is 0 Å². The summed E-state index contributed by atoms with van der Waals surface area (Å²) in [6.07, 6.45) is 7.47. The number of furan rings is 1. The van der Waals surface area contributed by atoms with Gasteiger partial charge in [0.05, 0.1) is 12.5 Å². The van der Waals surface area contributed by atoms with Crippen LogP contribution >= 0.6 is 0 Å². The molecule has 3 heterocycles. The van der Waals surface area contributed by atoms with E-state index in [1.807, 2.05) is 18.3 Å². The summed E-state index contributed by atoms with van der Waals surface area (Å²) < 4.78 is 5.04. The summed E-state index contributed by atoms with van der Waals surface area (Å²) >= 11 is 0. The average molecular weight is 212 g/mol. The summed E-state index contributed by atoms with van der Waals surface area (Å²) in [6.45, 7) is 0. The van der Waals surface area contributed by atoms with E-state index in [1.54, 1.807) is 18.7 Å². The average Bonchev–Trinajstić information content (AvgIpc) is 2.96. The van der Waals surface area contributed by atoms with Crippen molar-refractivity contribution in [1.82, 2.24) is 9.97 Å². The molecule has 0 fully saturated rings. The van der Waals surface area contributed by atoms with Crippen molar-refractivity contribution in [3.63, 3.8) is 0 Å². The quantitative estimate of drug-likeness (QED) is 0.664. The maximum atomic E-state index is 10.7. The number of aromatic amines is 1. The molecule has 1 N–H and O–H groups in total. The van der Waals surface area contributed by atoms with Gasteiger partial charge in [-0.3, -0.25) is 4.79 Å². The summed E-state index contributed by atoms with van der Waals surface area (Å²) in [5.74, 6) is 0. The topological polar surface area (TPSA) is 58.9 Å². The first-order chi connectivity index (χ1) is 7.88. The van der Waals surface area contributed by atoms with Gasteiger partial charge in [-0.05, 0) is 12.1 Å². The van der Waals surface area contributed by atoms with Gasteiger partial charge in [-0.1, -0.05) is 0 Å². The Labute approximate surface area is 90.9 Å². The van der Waals surface area contributed by atoms with Gasteiger partial charge in [0.1, 0.15) is 5.65 Å². The Hall–Kier alpha value is -2.36. The number of hydrogen-bond acceptors (Lipinski definition) is 3. The maximum absolute atomic E-state index is 10.7. The van der Waals surface area contributed by atoms with Gasteiger partial charge in [0.25, 0.3) is 0 Å². The van der Waals surface area contributed by atoms with Gasteiger partial charge in [0, 0.05) is 34.5 Å². The highest BCUT2D eigenvalue weighted by Gasteiger charge is 2.08. The highest BCUT2D eigenvalue weighted by atomic mass is 16.3. The highest BCUT2D eigenvalue weighted by molar-refractivity contribution is 5.95. The first kappa shape index (κ1) is 8.91. The standard InChI is InChI=1S/C12H8N2O2/c15-6-8-3-10-11(9-1-2-16-7-9)5-14-12(10)13-4-8/h1-7H,(H,13,14). The van der Waals surface area contributed by atoms with E-state index in [9.17, 15) is 4.79 Å². The van der Waals surface area contributed by atoms with Gasteiger partial charge in [-0.2, -0.15) is 0 Å². The second kappa shape index (κ2) is 3.34. The molecule has 3 aromatic heterocycles. The highest BCUT2D eigenvalue weighted by Crippen LogP contribution is 2.28. The van der Waals surface area contributed by atoms with E-state index in [4.69, 9.17) is 4.42 Å². The van der Waals surface area contributed by atoms with Crippen LogP contribution in [-0.2, 0) is 0 Å². The molecule has 0 bridgehead atoms. The number of carbonyl (C=O) groups is 1. The number of fused-ring (bicyclic) bond motifs is 1. The van der Waals surface area contributed by atoms with Crippen LogP contribution in [0.4, 0.5) is 0 Å². The van der Waals surface area contributed by atoms with E-state index in [2.05, 4.69) is 9.97 Å². The van der Waals surface area contributed by atoms with Crippen molar-refractivity contribution < 1.29 is 9.21 Å². The number of carbonyl (C=O) groups excluding carboxylic acids is 1. The molecule has 0 saturated heterocycles. The lowest BCUT2D eigenvalue weighted by atomic mass is 10.1. The molecule has 0 unspecified atom stereocenters. The Morgan fingerprint density at radius 1 is 1.44 bits per heavy atom. The van der Waals surface area contributed by atoms with E-state index in [0.29, 0.717) is 5.56 Å². The third-order valence-electron chi connectivity index (χ3n) is 2.52. The van der Waals surface area contributed by atoms with Crippen LogP contribution in [0, 0.1) is 0 Å². The molecule has 4 heteroatoms. The first-order valence-corrected chi connectivity index (χ1v) is 4.83. The molecule has 0 saturated carbocycles. The molecule has 0 aliphatic rings. The predicted molar refractivity (Wildman–Crippen MR) is 59.2 cm³/mol. The van der Waals surface area contributed by atoms with E-state index in [0.717, 1.165) is 28.4 Å². The largest absolute Gasteiger partial charge is 0.472 e. The van der Waals surface area contributed by atoms with Crippen LogP contribution in [-0.4, -0.2) is 16.3 Å². The smallest absolute Gasteiger partial charge is 0.151 e. The number of aldehydes is 1. The van der Waals surface area contributed by atoms with Gasteiger partial charge in [-0.15, -0.1) is 0 Å². The zero-order valence-electron chi connectivity index (χ0n) is 8.31. The van der Waals surface area contributed by atoms with Crippen molar-refractivity contribution >= 4 is 17.3 Å². The van der Waals surface area contributed by atoms with Crippen LogP contribution in [0.15, 0.2) is 41.5 Å². The van der Waals surface area contributed by atoms with Crippen molar-refractivity contribution in [3.05, 3.63) is 42.6 Å². The number of nitrogens with one attached hydrogen (secondary N) is 1. The minimum Gasteiger partial charge on any atom is -0.472 e. The van der Waals surface area contributed by atoms with Crippen molar-refractivity contribution in [2.24, 2.45) is 0 Å². The van der Waals surface area contributed by atoms with E-state index in [-0.39, 0.29) is 0 Å². The van der Waals surface area contributed by atoms with Gasteiger partial charge >= 0.3 is 0 Å². The van der Waals surface area contributed by atoms with E-state index >= 15 is 0 Å². The van der Waals surface area contributed by atoms with Gasteiger partial charge in [-0.25, -0.2) is 4.98 Å². The molecular weight excluding hydrogens is 204 g/mol. The van der Waals surface area contributed by atoms with Crippen LogP contribution in [0.25, 0.3) is 22.2 Å². The summed E-state index contributed by atoms with van der Waals surface area (Å²) in [5.41, 5.74) is 3.29. The molecule has 3 aromatic rings. The lowest BCUT2D eigenvalue weighted by Gasteiger charge is -1.94. The molecular formula is C12H8N2O2.